The van der Waals surface area contributed by atoms with E-state index in [0.29, 0.717) is 51.1 Å². The number of rotatable bonds is 13. The maximum absolute atomic E-state index is 11.6. The molecule has 0 spiro atoms. The molecule has 6 heteroatoms. The molecule has 2 fully saturated rings. The van der Waals surface area contributed by atoms with Crippen LogP contribution in [0.2, 0.25) is 0 Å². The zero-order chi connectivity index (χ0) is 18.5. The molecule has 0 N–H and O–H groups in total. The van der Waals surface area contributed by atoms with Gasteiger partial charge in [-0.15, -0.1) is 0 Å². The Hall–Kier alpha value is -1.14. The number of hydrogen-bond acceptors (Lipinski definition) is 6. The predicted molar refractivity (Wildman–Crippen MR) is 96.8 cm³/mol. The van der Waals surface area contributed by atoms with Crippen molar-refractivity contribution in [2.24, 2.45) is 0 Å². The molecule has 0 bridgehead atoms. The van der Waals surface area contributed by atoms with Crippen molar-refractivity contribution in [1.82, 2.24) is 0 Å². The molecule has 2 saturated heterocycles. The highest BCUT2D eigenvalue weighted by Crippen LogP contribution is 2.17. The zero-order valence-corrected chi connectivity index (χ0v) is 15.9. The lowest BCUT2D eigenvalue weighted by atomic mass is 10.1. The Morgan fingerprint density at radius 1 is 0.731 bits per heavy atom. The fourth-order valence-electron chi connectivity index (χ4n) is 3.42. The molecule has 0 aromatic rings. The molecule has 2 aliphatic heterocycles. The molecule has 26 heavy (non-hydrogen) atoms. The van der Waals surface area contributed by atoms with Crippen molar-refractivity contribution in [2.75, 3.05) is 26.4 Å². The smallest absolute Gasteiger partial charge is 0.305 e. The number of unbranched alkanes of at least 4 members (excludes halogenated alkanes) is 1. The minimum atomic E-state index is -0.178. The highest BCUT2D eigenvalue weighted by atomic mass is 16.5. The van der Waals surface area contributed by atoms with Crippen LogP contribution >= 0.6 is 0 Å². The van der Waals surface area contributed by atoms with Gasteiger partial charge in [0.05, 0.1) is 25.4 Å². The summed E-state index contributed by atoms with van der Waals surface area (Å²) in [6.07, 6.45) is 10.9. The van der Waals surface area contributed by atoms with Gasteiger partial charge in [-0.1, -0.05) is 0 Å². The van der Waals surface area contributed by atoms with Crippen LogP contribution in [0.25, 0.3) is 0 Å². The van der Waals surface area contributed by atoms with Gasteiger partial charge in [0.1, 0.15) is 0 Å². The highest BCUT2D eigenvalue weighted by molar-refractivity contribution is 5.70. The van der Waals surface area contributed by atoms with Gasteiger partial charge < -0.3 is 18.9 Å². The molecule has 0 amide bonds. The van der Waals surface area contributed by atoms with Crippen molar-refractivity contribution >= 4 is 11.9 Å². The van der Waals surface area contributed by atoms with E-state index in [4.69, 9.17) is 18.9 Å². The van der Waals surface area contributed by atoms with E-state index in [2.05, 4.69) is 0 Å². The molecule has 0 unspecified atom stereocenters. The molecule has 0 aromatic heterocycles. The third kappa shape index (κ3) is 9.53. The van der Waals surface area contributed by atoms with Gasteiger partial charge in [-0.25, -0.2) is 0 Å². The van der Waals surface area contributed by atoms with Gasteiger partial charge in [-0.05, 0) is 64.2 Å². The fraction of sp³-hybridized carbons (Fsp3) is 0.900. The summed E-state index contributed by atoms with van der Waals surface area (Å²) in [7, 11) is 0. The Labute approximate surface area is 156 Å². The minimum absolute atomic E-state index is 0.178. The molecule has 0 aromatic carbocycles. The molecule has 150 valence electrons. The van der Waals surface area contributed by atoms with E-state index < -0.39 is 0 Å². The summed E-state index contributed by atoms with van der Waals surface area (Å²) in [6.45, 7) is 2.65. The Morgan fingerprint density at radius 2 is 1.19 bits per heavy atom. The average Bonchev–Trinajstić information content (AvgIpc) is 3.33. The van der Waals surface area contributed by atoms with Crippen LogP contribution in [-0.4, -0.2) is 50.6 Å². The normalized spacial score (nSPS) is 22.5. The number of carbonyl (C=O) groups excluding carboxylic acids is 2. The van der Waals surface area contributed by atoms with Crippen molar-refractivity contribution in [3.8, 4) is 0 Å². The Balaban J connectivity index is 1.34. The molecule has 2 heterocycles. The third-order valence-electron chi connectivity index (χ3n) is 4.93. The second-order valence-electron chi connectivity index (χ2n) is 7.20. The number of hydrogen-bond donors (Lipinski definition) is 0. The van der Waals surface area contributed by atoms with Gasteiger partial charge in [0.15, 0.2) is 0 Å². The second-order valence-corrected chi connectivity index (χ2v) is 7.20. The van der Waals surface area contributed by atoms with E-state index in [-0.39, 0.29) is 11.9 Å². The number of esters is 2. The first-order chi connectivity index (χ1) is 12.7. The zero-order valence-electron chi connectivity index (χ0n) is 15.9. The van der Waals surface area contributed by atoms with Crippen LogP contribution in [0.5, 0.6) is 0 Å². The Morgan fingerprint density at radius 3 is 1.58 bits per heavy atom. The van der Waals surface area contributed by atoms with Crippen LogP contribution in [0.4, 0.5) is 0 Å². The summed E-state index contributed by atoms with van der Waals surface area (Å²) >= 11 is 0. The van der Waals surface area contributed by atoms with Crippen LogP contribution in [0.3, 0.4) is 0 Å². The molecule has 2 rings (SSSR count). The molecular formula is C20H34O6. The summed E-state index contributed by atoms with van der Waals surface area (Å²) in [6, 6.07) is 0. The van der Waals surface area contributed by atoms with Crippen molar-refractivity contribution in [3.05, 3.63) is 0 Å². The first-order valence-electron chi connectivity index (χ1n) is 10.3. The van der Waals surface area contributed by atoms with E-state index in [0.717, 1.165) is 64.6 Å². The summed E-state index contributed by atoms with van der Waals surface area (Å²) in [4.78, 5) is 23.3. The molecule has 0 aliphatic carbocycles. The van der Waals surface area contributed by atoms with E-state index in [1.807, 2.05) is 0 Å². The largest absolute Gasteiger partial charge is 0.466 e. The van der Waals surface area contributed by atoms with Crippen molar-refractivity contribution in [1.29, 1.82) is 0 Å². The van der Waals surface area contributed by atoms with Gasteiger partial charge in [0.25, 0.3) is 0 Å². The van der Waals surface area contributed by atoms with E-state index in [1.165, 1.54) is 0 Å². The van der Waals surface area contributed by atoms with Crippen molar-refractivity contribution in [3.63, 3.8) is 0 Å². The first kappa shape index (κ1) is 21.2. The topological polar surface area (TPSA) is 71.1 Å². The van der Waals surface area contributed by atoms with Gasteiger partial charge in [0, 0.05) is 26.1 Å². The molecule has 0 radical (unpaired) electrons. The molecule has 2 atom stereocenters. The second kappa shape index (κ2) is 13.1. The third-order valence-corrected chi connectivity index (χ3v) is 4.93. The predicted octanol–water partition coefficient (Wildman–Crippen LogP) is 3.55. The van der Waals surface area contributed by atoms with Crippen LogP contribution < -0.4 is 0 Å². The fourth-order valence-corrected chi connectivity index (χ4v) is 3.42. The van der Waals surface area contributed by atoms with Crippen LogP contribution in [0.1, 0.15) is 77.0 Å². The minimum Gasteiger partial charge on any atom is -0.466 e. The number of carbonyl (C=O) groups is 2. The van der Waals surface area contributed by atoms with Gasteiger partial charge >= 0.3 is 11.9 Å². The van der Waals surface area contributed by atoms with Crippen molar-refractivity contribution in [2.45, 2.75) is 89.3 Å². The monoisotopic (exact) mass is 370 g/mol. The Bertz CT molecular complexity index is 361. The van der Waals surface area contributed by atoms with E-state index in [9.17, 15) is 9.59 Å². The molecule has 6 nitrogen and oxygen atoms in total. The maximum Gasteiger partial charge on any atom is 0.305 e. The van der Waals surface area contributed by atoms with Gasteiger partial charge in [-0.2, -0.15) is 0 Å². The average molecular weight is 370 g/mol. The first-order valence-corrected chi connectivity index (χ1v) is 10.3. The van der Waals surface area contributed by atoms with E-state index >= 15 is 0 Å². The highest BCUT2D eigenvalue weighted by Gasteiger charge is 2.16. The van der Waals surface area contributed by atoms with E-state index in [1.54, 1.807) is 0 Å². The molecule has 0 saturated carbocycles. The van der Waals surface area contributed by atoms with Crippen LogP contribution in [-0.2, 0) is 28.5 Å². The number of ether oxygens (including phenoxy) is 4. The molecule has 2 aliphatic rings. The standard InChI is InChI=1S/C20H34O6/c21-19(25-15-5-9-17-7-3-13-23-17)11-1-2-12-20(22)26-16-6-10-18-8-4-14-24-18/h17-18H,1-16H2/t17-,18-/m1/s1. The van der Waals surface area contributed by atoms with Crippen LogP contribution in [0, 0.1) is 0 Å². The Kier molecular flexibility index (Phi) is 10.7. The van der Waals surface area contributed by atoms with Gasteiger partial charge in [-0.3, -0.25) is 9.59 Å². The lowest BCUT2D eigenvalue weighted by molar-refractivity contribution is -0.146. The summed E-state index contributed by atoms with van der Waals surface area (Å²) < 4.78 is 21.5. The lowest BCUT2D eigenvalue weighted by Gasteiger charge is -2.10. The lowest BCUT2D eigenvalue weighted by Crippen LogP contribution is -2.11. The SMILES string of the molecule is O=C(CCCCC(=O)OCCC[C@H]1CCCO1)OCCC[C@H]1CCCO1. The van der Waals surface area contributed by atoms with Crippen molar-refractivity contribution < 1.29 is 28.5 Å². The quantitative estimate of drug-likeness (QED) is 0.365. The summed E-state index contributed by atoms with van der Waals surface area (Å²) in [5.74, 6) is -0.357. The summed E-state index contributed by atoms with van der Waals surface area (Å²) in [5.41, 5.74) is 0. The summed E-state index contributed by atoms with van der Waals surface area (Å²) in [5, 5.41) is 0. The maximum atomic E-state index is 11.6. The molecular weight excluding hydrogens is 336 g/mol. The van der Waals surface area contributed by atoms with Gasteiger partial charge in [0.2, 0.25) is 0 Å². The van der Waals surface area contributed by atoms with Crippen LogP contribution in [0.15, 0.2) is 0 Å².